The van der Waals surface area contributed by atoms with Gasteiger partial charge in [-0.15, -0.1) is 0 Å². The van der Waals surface area contributed by atoms with E-state index in [4.69, 9.17) is 4.74 Å². The predicted molar refractivity (Wildman–Crippen MR) is 122 cm³/mol. The first-order valence-corrected chi connectivity index (χ1v) is 10.0. The lowest BCUT2D eigenvalue weighted by molar-refractivity contribution is 0.103. The maximum absolute atomic E-state index is 13.8. The lowest BCUT2D eigenvalue weighted by Gasteiger charge is -2.09. The normalized spacial score (nSPS) is 11.0. The van der Waals surface area contributed by atoms with Crippen molar-refractivity contribution in [3.8, 4) is 22.7 Å². The van der Waals surface area contributed by atoms with E-state index in [-0.39, 0.29) is 5.78 Å². The number of nitrogens with one attached hydrogen (secondary N) is 1. The molecular weight excluding hydrogens is 386 g/mol. The number of methoxy groups -OCH3 is 1. The standard InChI is InChI=1S/C26H21N3O2/c1-17-25(26(30)19-9-5-10-20(13-19)31-2)23(15-29(17)24-14-27-16-28-24)22-12-6-8-18-7-3-4-11-21(18)22/h3-16H,1-2H3,(H,27,28). The largest absolute Gasteiger partial charge is 0.497 e. The van der Waals surface area contributed by atoms with E-state index in [1.165, 1.54) is 0 Å². The number of hydrogen-bond acceptors (Lipinski definition) is 3. The summed E-state index contributed by atoms with van der Waals surface area (Å²) in [4.78, 5) is 21.0. The van der Waals surface area contributed by atoms with Crippen LogP contribution in [0.3, 0.4) is 0 Å². The first-order chi connectivity index (χ1) is 15.2. The molecule has 5 nitrogen and oxygen atoms in total. The molecule has 0 radical (unpaired) electrons. The molecule has 0 atom stereocenters. The third kappa shape index (κ3) is 3.20. The number of carbonyl (C=O) groups excluding carboxylic acids is 1. The molecule has 0 bridgehead atoms. The van der Waals surface area contributed by atoms with E-state index in [0.717, 1.165) is 33.4 Å². The van der Waals surface area contributed by atoms with Crippen LogP contribution in [0.4, 0.5) is 0 Å². The quantitative estimate of drug-likeness (QED) is 0.388. The van der Waals surface area contributed by atoms with Crippen molar-refractivity contribution in [2.45, 2.75) is 6.92 Å². The Morgan fingerprint density at radius 1 is 1.00 bits per heavy atom. The van der Waals surface area contributed by atoms with Crippen molar-refractivity contribution in [2.75, 3.05) is 7.11 Å². The van der Waals surface area contributed by atoms with E-state index >= 15 is 0 Å². The first kappa shape index (κ1) is 18.9. The number of nitrogens with zero attached hydrogens (tertiary/aromatic N) is 2. The van der Waals surface area contributed by atoms with Crippen LogP contribution in [-0.2, 0) is 0 Å². The van der Waals surface area contributed by atoms with Gasteiger partial charge in [0.15, 0.2) is 5.78 Å². The maximum atomic E-state index is 13.8. The monoisotopic (exact) mass is 407 g/mol. The SMILES string of the molecule is COc1cccc(C(=O)c2c(-c3cccc4ccccc34)cn(-c3cnc[nH]3)c2C)c1. The van der Waals surface area contributed by atoms with Gasteiger partial charge in [-0.3, -0.25) is 4.79 Å². The molecule has 0 spiro atoms. The van der Waals surface area contributed by atoms with Crippen LogP contribution in [0.25, 0.3) is 27.7 Å². The number of H-pyrrole nitrogens is 1. The van der Waals surface area contributed by atoms with Gasteiger partial charge in [-0.05, 0) is 35.4 Å². The highest BCUT2D eigenvalue weighted by Gasteiger charge is 2.24. The Morgan fingerprint density at radius 2 is 1.81 bits per heavy atom. The average molecular weight is 407 g/mol. The predicted octanol–water partition coefficient (Wildman–Crippen LogP) is 5.57. The average Bonchev–Trinajstić information content (AvgIpc) is 3.46. The maximum Gasteiger partial charge on any atom is 0.195 e. The van der Waals surface area contributed by atoms with E-state index in [9.17, 15) is 4.79 Å². The molecule has 0 saturated heterocycles. The van der Waals surface area contributed by atoms with Crippen molar-refractivity contribution in [2.24, 2.45) is 0 Å². The zero-order chi connectivity index (χ0) is 21.4. The molecule has 0 fully saturated rings. The number of fused-ring (bicyclic) bond motifs is 1. The number of ketones is 1. The molecule has 31 heavy (non-hydrogen) atoms. The second kappa shape index (κ2) is 7.61. The van der Waals surface area contributed by atoms with Crippen molar-refractivity contribution in [3.63, 3.8) is 0 Å². The minimum Gasteiger partial charge on any atom is -0.497 e. The van der Waals surface area contributed by atoms with Crippen LogP contribution < -0.4 is 4.74 Å². The van der Waals surface area contributed by atoms with Gasteiger partial charge in [0, 0.05) is 23.0 Å². The molecule has 1 N–H and O–H groups in total. The molecule has 5 aromatic rings. The number of imidazole rings is 1. The highest BCUT2D eigenvalue weighted by atomic mass is 16.5. The smallest absolute Gasteiger partial charge is 0.195 e. The molecule has 0 unspecified atom stereocenters. The Balaban J connectivity index is 1.78. The molecular formula is C26H21N3O2. The van der Waals surface area contributed by atoms with Crippen LogP contribution in [-0.4, -0.2) is 27.4 Å². The number of rotatable bonds is 5. The fourth-order valence-electron chi connectivity index (χ4n) is 4.10. The van der Waals surface area contributed by atoms with Crippen molar-refractivity contribution >= 4 is 16.6 Å². The van der Waals surface area contributed by atoms with Gasteiger partial charge in [0.25, 0.3) is 0 Å². The van der Waals surface area contributed by atoms with Crippen molar-refractivity contribution in [3.05, 3.63) is 102 Å². The van der Waals surface area contributed by atoms with Crippen LogP contribution >= 0.6 is 0 Å². The zero-order valence-corrected chi connectivity index (χ0v) is 17.3. The second-order valence-corrected chi connectivity index (χ2v) is 7.40. The van der Waals surface area contributed by atoms with E-state index in [0.29, 0.717) is 16.9 Å². The van der Waals surface area contributed by atoms with E-state index in [1.807, 2.05) is 54.1 Å². The third-order valence-corrected chi connectivity index (χ3v) is 5.63. The number of aromatic nitrogens is 3. The third-order valence-electron chi connectivity index (χ3n) is 5.63. The molecule has 5 rings (SSSR count). The second-order valence-electron chi connectivity index (χ2n) is 7.40. The van der Waals surface area contributed by atoms with Gasteiger partial charge < -0.3 is 14.3 Å². The Labute approximate surface area is 180 Å². The highest BCUT2D eigenvalue weighted by molar-refractivity contribution is 6.15. The van der Waals surface area contributed by atoms with Crippen molar-refractivity contribution < 1.29 is 9.53 Å². The molecule has 0 saturated carbocycles. The van der Waals surface area contributed by atoms with Crippen LogP contribution in [0.1, 0.15) is 21.6 Å². The Kier molecular flexibility index (Phi) is 4.64. The fourth-order valence-corrected chi connectivity index (χ4v) is 4.10. The summed E-state index contributed by atoms with van der Waals surface area (Å²) in [6.07, 6.45) is 5.40. The molecule has 0 amide bonds. The van der Waals surface area contributed by atoms with Crippen LogP contribution in [0.2, 0.25) is 0 Å². The molecule has 5 heteroatoms. The Hall–Kier alpha value is -4.12. The fraction of sp³-hybridized carbons (Fsp3) is 0.0769. The highest BCUT2D eigenvalue weighted by Crippen LogP contribution is 2.36. The summed E-state index contributed by atoms with van der Waals surface area (Å²) in [5.74, 6) is 1.42. The summed E-state index contributed by atoms with van der Waals surface area (Å²) in [7, 11) is 1.60. The van der Waals surface area contributed by atoms with Gasteiger partial charge >= 0.3 is 0 Å². The van der Waals surface area contributed by atoms with Gasteiger partial charge in [0.05, 0.1) is 25.2 Å². The van der Waals surface area contributed by atoms with E-state index < -0.39 is 0 Å². The first-order valence-electron chi connectivity index (χ1n) is 10.0. The molecule has 0 aliphatic heterocycles. The van der Waals surface area contributed by atoms with Gasteiger partial charge in [0.2, 0.25) is 0 Å². The number of benzene rings is 3. The molecule has 2 aromatic heterocycles. The van der Waals surface area contributed by atoms with E-state index in [1.54, 1.807) is 25.7 Å². The molecule has 0 aliphatic carbocycles. The summed E-state index contributed by atoms with van der Waals surface area (Å²) in [5.41, 5.74) is 4.01. The molecule has 3 aromatic carbocycles. The van der Waals surface area contributed by atoms with Gasteiger partial charge in [-0.25, -0.2) is 4.98 Å². The summed E-state index contributed by atoms with van der Waals surface area (Å²) >= 11 is 0. The summed E-state index contributed by atoms with van der Waals surface area (Å²) in [6.45, 7) is 1.96. The topological polar surface area (TPSA) is 59.9 Å². The number of aromatic amines is 1. The minimum atomic E-state index is -0.0439. The molecule has 0 aliphatic rings. The number of hydrogen-bond donors (Lipinski definition) is 1. The zero-order valence-electron chi connectivity index (χ0n) is 17.3. The van der Waals surface area contributed by atoms with Crippen LogP contribution in [0, 0.1) is 6.92 Å². The minimum absolute atomic E-state index is 0.0439. The van der Waals surface area contributed by atoms with E-state index in [2.05, 4.69) is 34.2 Å². The number of carbonyl (C=O) groups is 1. The van der Waals surface area contributed by atoms with Crippen LogP contribution in [0.15, 0.2) is 85.5 Å². The van der Waals surface area contributed by atoms with Gasteiger partial charge in [-0.2, -0.15) is 0 Å². The summed E-state index contributed by atoms with van der Waals surface area (Å²) in [6, 6.07) is 21.7. The van der Waals surface area contributed by atoms with Crippen molar-refractivity contribution in [1.29, 1.82) is 0 Å². The van der Waals surface area contributed by atoms with Gasteiger partial charge in [0.1, 0.15) is 11.6 Å². The van der Waals surface area contributed by atoms with Crippen LogP contribution in [0.5, 0.6) is 5.75 Å². The summed E-state index contributed by atoms with van der Waals surface area (Å²) in [5, 5.41) is 2.23. The number of ether oxygens (including phenoxy) is 1. The molecule has 2 heterocycles. The lowest BCUT2D eigenvalue weighted by atomic mass is 9.93. The van der Waals surface area contributed by atoms with Gasteiger partial charge in [-0.1, -0.05) is 54.6 Å². The summed E-state index contributed by atoms with van der Waals surface area (Å²) < 4.78 is 7.32. The van der Waals surface area contributed by atoms with Crippen molar-refractivity contribution in [1.82, 2.24) is 14.5 Å². The Bertz CT molecular complexity index is 1390. The molecule has 152 valence electrons. The Morgan fingerprint density at radius 3 is 2.61 bits per heavy atom. The lowest BCUT2D eigenvalue weighted by Crippen LogP contribution is -2.06.